The zero-order chi connectivity index (χ0) is 19.5. The van der Waals surface area contributed by atoms with E-state index in [2.05, 4.69) is 0 Å². The van der Waals surface area contributed by atoms with E-state index in [4.69, 9.17) is 27.9 Å². The molecule has 1 aliphatic carbocycles. The maximum absolute atomic E-state index is 13.3. The minimum atomic E-state index is -0.705. The highest BCUT2D eigenvalue weighted by molar-refractivity contribution is 8.01. The van der Waals surface area contributed by atoms with Gasteiger partial charge in [0.25, 0.3) is 0 Å². The summed E-state index contributed by atoms with van der Waals surface area (Å²) in [6, 6.07) is 12.8. The van der Waals surface area contributed by atoms with E-state index in [9.17, 15) is 9.59 Å². The third-order valence-corrected chi connectivity index (χ3v) is 7.57. The first kappa shape index (κ1) is 18.3. The van der Waals surface area contributed by atoms with Gasteiger partial charge in [0.15, 0.2) is 5.60 Å². The summed E-state index contributed by atoms with van der Waals surface area (Å²) in [5.41, 5.74) is 0.805. The van der Waals surface area contributed by atoms with Gasteiger partial charge in [-0.05, 0) is 37.1 Å². The van der Waals surface area contributed by atoms with Gasteiger partial charge in [0.1, 0.15) is 0 Å². The molecule has 7 heteroatoms. The van der Waals surface area contributed by atoms with Crippen LogP contribution in [0.1, 0.15) is 35.2 Å². The summed E-state index contributed by atoms with van der Waals surface area (Å²) in [7, 11) is 0. The van der Waals surface area contributed by atoms with E-state index >= 15 is 0 Å². The summed E-state index contributed by atoms with van der Waals surface area (Å²) < 4.78 is 5.30. The highest BCUT2D eigenvalue weighted by Crippen LogP contribution is 2.55. The fourth-order valence-corrected chi connectivity index (χ4v) is 6.18. The molecule has 0 N–H and O–H groups in total. The van der Waals surface area contributed by atoms with Gasteiger partial charge in [0, 0.05) is 33.5 Å². The molecule has 3 aliphatic rings. The number of hydrogen-bond donors (Lipinski definition) is 0. The van der Waals surface area contributed by atoms with Crippen molar-refractivity contribution in [2.45, 2.75) is 34.5 Å². The second kappa shape index (κ2) is 6.41. The van der Waals surface area contributed by atoms with Gasteiger partial charge in [-0.1, -0.05) is 41.4 Å². The molecule has 0 radical (unpaired) electrons. The van der Waals surface area contributed by atoms with Gasteiger partial charge in [0.2, 0.25) is 5.91 Å². The standard InChI is InChI=1S/C21H17Cl2NO3S/c22-13-9-14(23)11-15(10-13)28-21(5-6-21)19(26)24-8-7-20(12-24)17-4-2-1-3-16(17)18(25)27-20/h1-4,9-11H,5-8,12H2. The topological polar surface area (TPSA) is 46.6 Å². The Balaban J connectivity index is 1.37. The average Bonchev–Trinajstić information content (AvgIpc) is 3.22. The lowest BCUT2D eigenvalue weighted by Crippen LogP contribution is -2.40. The number of fused-ring (bicyclic) bond motifs is 2. The number of carbonyl (C=O) groups is 2. The molecule has 2 heterocycles. The Morgan fingerprint density at radius 3 is 2.50 bits per heavy atom. The molecule has 1 unspecified atom stereocenters. The van der Waals surface area contributed by atoms with Crippen molar-refractivity contribution in [2.24, 2.45) is 0 Å². The number of thioether (sulfide) groups is 1. The van der Waals surface area contributed by atoms with Crippen LogP contribution in [0.4, 0.5) is 0 Å². The van der Waals surface area contributed by atoms with Crippen molar-refractivity contribution in [1.82, 2.24) is 4.90 Å². The van der Waals surface area contributed by atoms with Gasteiger partial charge in [-0.25, -0.2) is 4.79 Å². The summed E-state index contributed by atoms with van der Waals surface area (Å²) in [4.78, 5) is 28.3. The number of rotatable bonds is 3. The Labute approximate surface area is 177 Å². The SMILES string of the molecule is O=C1OC2(CCN(C(=O)C3(Sc4cc(Cl)cc(Cl)c4)CC3)C2)c2ccccc21. The van der Waals surface area contributed by atoms with Crippen LogP contribution in [0.2, 0.25) is 10.0 Å². The van der Waals surface area contributed by atoms with E-state index < -0.39 is 10.3 Å². The first-order chi connectivity index (χ1) is 13.4. The first-order valence-electron chi connectivity index (χ1n) is 9.18. The lowest BCUT2D eigenvalue weighted by atomic mass is 9.91. The minimum Gasteiger partial charge on any atom is -0.449 e. The fraction of sp³-hybridized carbons (Fsp3) is 0.333. The number of halogens is 2. The van der Waals surface area contributed by atoms with Crippen LogP contribution >= 0.6 is 35.0 Å². The molecule has 1 amide bonds. The quantitative estimate of drug-likeness (QED) is 0.644. The minimum absolute atomic E-state index is 0.103. The highest BCUT2D eigenvalue weighted by Gasteiger charge is 2.57. The zero-order valence-corrected chi connectivity index (χ0v) is 17.2. The molecule has 5 rings (SSSR count). The van der Waals surface area contributed by atoms with Crippen LogP contribution in [0.5, 0.6) is 0 Å². The van der Waals surface area contributed by atoms with Crippen molar-refractivity contribution >= 4 is 46.8 Å². The Kier molecular flexibility index (Phi) is 4.20. The van der Waals surface area contributed by atoms with Gasteiger partial charge in [-0.15, -0.1) is 11.8 Å². The predicted octanol–water partition coefficient (Wildman–Crippen LogP) is 4.92. The molecule has 0 aromatic heterocycles. The molecular weight excluding hydrogens is 417 g/mol. The van der Waals surface area contributed by atoms with E-state index in [1.54, 1.807) is 12.1 Å². The van der Waals surface area contributed by atoms with E-state index in [1.165, 1.54) is 11.8 Å². The summed E-state index contributed by atoms with van der Waals surface area (Å²) in [6.07, 6.45) is 2.27. The average molecular weight is 434 g/mol. The van der Waals surface area contributed by atoms with Crippen molar-refractivity contribution in [2.75, 3.05) is 13.1 Å². The number of esters is 1. The molecule has 28 heavy (non-hydrogen) atoms. The van der Waals surface area contributed by atoms with Crippen molar-refractivity contribution in [3.8, 4) is 0 Å². The van der Waals surface area contributed by atoms with Gasteiger partial charge >= 0.3 is 5.97 Å². The molecular formula is C21H17Cl2NO3S. The Hall–Kier alpha value is -1.69. The third kappa shape index (κ3) is 2.92. The molecule has 1 spiro atoms. The Bertz CT molecular complexity index is 987. The van der Waals surface area contributed by atoms with Crippen LogP contribution in [0.25, 0.3) is 0 Å². The van der Waals surface area contributed by atoms with Crippen LogP contribution in [0, 0.1) is 0 Å². The molecule has 144 valence electrons. The molecule has 1 saturated carbocycles. The largest absolute Gasteiger partial charge is 0.449 e. The number of carbonyl (C=O) groups excluding carboxylic acids is 2. The number of nitrogens with zero attached hydrogens (tertiary/aromatic N) is 1. The van der Waals surface area contributed by atoms with Crippen LogP contribution in [-0.2, 0) is 15.1 Å². The summed E-state index contributed by atoms with van der Waals surface area (Å²) in [5, 5.41) is 1.13. The van der Waals surface area contributed by atoms with Crippen LogP contribution in [0.3, 0.4) is 0 Å². The van der Waals surface area contributed by atoms with Gasteiger partial charge in [0.05, 0.1) is 16.9 Å². The Morgan fingerprint density at radius 1 is 1.07 bits per heavy atom. The number of amides is 1. The number of benzene rings is 2. The predicted molar refractivity (Wildman–Crippen MR) is 109 cm³/mol. The second-order valence-electron chi connectivity index (χ2n) is 7.61. The Morgan fingerprint density at radius 2 is 1.79 bits per heavy atom. The summed E-state index contributed by atoms with van der Waals surface area (Å²) >= 11 is 13.7. The van der Waals surface area contributed by atoms with Crippen LogP contribution < -0.4 is 0 Å². The van der Waals surface area contributed by atoms with Crippen molar-refractivity contribution < 1.29 is 14.3 Å². The summed E-state index contributed by atoms with van der Waals surface area (Å²) in [6.45, 7) is 0.992. The highest BCUT2D eigenvalue weighted by atomic mass is 35.5. The van der Waals surface area contributed by atoms with E-state index in [0.29, 0.717) is 35.1 Å². The van der Waals surface area contributed by atoms with Gasteiger partial charge in [-0.3, -0.25) is 4.79 Å². The van der Waals surface area contributed by atoms with Gasteiger partial charge in [-0.2, -0.15) is 0 Å². The van der Waals surface area contributed by atoms with Crippen molar-refractivity contribution in [1.29, 1.82) is 0 Å². The molecule has 2 fully saturated rings. The number of hydrogen-bond acceptors (Lipinski definition) is 4. The molecule has 4 nitrogen and oxygen atoms in total. The number of likely N-dealkylation sites (tertiary alicyclic amines) is 1. The molecule has 2 aliphatic heterocycles. The van der Waals surface area contributed by atoms with Crippen LogP contribution in [0.15, 0.2) is 47.4 Å². The number of ether oxygens (including phenoxy) is 1. The van der Waals surface area contributed by atoms with E-state index in [-0.39, 0.29) is 11.9 Å². The lowest BCUT2D eigenvalue weighted by molar-refractivity contribution is -0.131. The zero-order valence-electron chi connectivity index (χ0n) is 14.9. The first-order valence-corrected chi connectivity index (χ1v) is 10.8. The van der Waals surface area contributed by atoms with Gasteiger partial charge < -0.3 is 9.64 Å². The molecule has 2 aromatic carbocycles. The summed E-state index contributed by atoms with van der Waals surface area (Å²) in [5.74, 6) is -0.195. The third-order valence-electron chi connectivity index (χ3n) is 5.69. The van der Waals surface area contributed by atoms with E-state index in [1.807, 2.05) is 35.2 Å². The normalized spacial score (nSPS) is 24.4. The fourth-order valence-electron chi connectivity index (χ4n) is 4.18. The van der Waals surface area contributed by atoms with Crippen LogP contribution in [-0.4, -0.2) is 34.6 Å². The molecule has 0 bridgehead atoms. The lowest BCUT2D eigenvalue weighted by Gasteiger charge is -2.26. The maximum Gasteiger partial charge on any atom is 0.339 e. The molecule has 2 aromatic rings. The molecule has 1 atom stereocenters. The molecule has 1 saturated heterocycles. The van der Waals surface area contributed by atoms with Crippen molar-refractivity contribution in [3.63, 3.8) is 0 Å². The van der Waals surface area contributed by atoms with Crippen molar-refractivity contribution in [3.05, 3.63) is 63.6 Å². The monoisotopic (exact) mass is 433 g/mol. The maximum atomic E-state index is 13.3. The van der Waals surface area contributed by atoms with E-state index in [0.717, 1.165) is 23.3 Å². The second-order valence-corrected chi connectivity index (χ2v) is 9.94. The smallest absolute Gasteiger partial charge is 0.339 e.